The van der Waals surface area contributed by atoms with Crippen molar-refractivity contribution >= 4 is 17.3 Å². The minimum absolute atomic E-state index is 0.243. The van der Waals surface area contributed by atoms with Gasteiger partial charge in [0.1, 0.15) is 12.2 Å². The third kappa shape index (κ3) is 5.83. The lowest BCUT2D eigenvalue weighted by atomic mass is 10.2. The van der Waals surface area contributed by atoms with Gasteiger partial charge in [0.2, 0.25) is 0 Å². The molecule has 0 aromatic heterocycles. The third-order valence-corrected chi connectivity index (χ3v) is 1.95. The fourth-order valence-electron chi connectivity index (χ4n) is 1.20. The Bertz CT molecular complexity index is 328. The van der Waals surface area contributed by atoms with Gasteiger partial charge in [0, 0.05) is 0 Å². The molecule has 0 spiro atoms. The molecule has 0 fully saturated rings. The monoisotopic (exact) mass is 238 g/mol. The van der Waals surface area contributed by atoms with E-state index in [1.54, 1.807) is 0 Å². The average Bonchev–Trinajstić information content (AvgIpc) is 2.16. The zero-order valence-corrected chi connectivity index (χ0v) is 10.8. The van der Waals surface area contributed by atoms with Gasteiger partial charge in [-0.2, -0.15) is 0 Å². The van der Waals surface area contributed by atoms with E-state index in [1.165, 1.54) is 0 Å². The van der Waals surface area contributed by atoms with E-state index < -0.39 is 0 Å². The van der Waals surface area contributed by atoms with Gasteiger partial charge >= 0.3 is 0 Å². The maximum Gasteiger partial charge on any atom is 0.186 e. The number of hydrogen-bond donors (Lipinski definition) is 0. The molecule has 0 heterocycles. The number of thiocarbonyl (C=S) groups is 1. The predicted octanol–water partition coefficient (Wildman–Crippen LogP) is 3.35. The van der Waals surface area contributed by atoms with Crippen molar-refractivity contribution in [3.63, 3.8) is 0 Å². The van der Waals surface area contributed by atoms with Crippen molar-refractivity contribution in [1.29, 1.82) is 0 Å². The van der Waals surface area contributed by atoms with Crippen LogP contribution in [0.2, 0.25) is 0 Å². The molecule has 3 heteroatoms. The lowest BCUT2D eigenvalue weighted by molar-refractivity contribution is 0.0866. The second kappa shape index (κ2) is 5.97. The summed E-state index contributed by atoms with van der Waals surface area (Å²) in [6, 6.07) is 10.0. The Hall–Kier alpha value is -0.930. The van der Waals surface area contributed by atoms with Gasteiger partial charge in [0.05, 0.1) is 6.61 Å². The summed E-state index contributed by atoms with van der Waals surface area (Å²) in [6.07, 6.45) is 0. The van der Waals surface area contributed by atoms with E-state index in [0.717, 1.165) is 5.56 Å². The topological polar surface area (TPSA) is 18.5 Å². The van der Waals surface area contributed by atoms with Gasteiger partial charge in [-0.25, -0.2) is 0 Å². The normalized spacial score (nSPS) is 11.2. The molecule has 0 saturated carbocycles. The quantitative estimate of drug-likeness (QED) is 0.749. The SMILES string of the molecule is CC(C)(C)OC(=S)COCc1ccccc1. The molecule has 0 N–H and O–H groups in total. The summed E-state index contributed by atoms with van der Waals surface area (Å²) in [7, 11) is 0. The number of ether oxygens (including phenoxy) is 2. The van der Waals surface area contributed by atoms with Gasteiger partial charge in [-0.05, 0) is 38.6 Å². The summed E-state index contributed by atoms with van der Waals surface area (Å²) in [4.78, 5) is 0. The summed E-state index contributed by atoms with van der Waals surface area (Å²) in [5.74, 6) is 0. The van der Waals surface area contributed by atoms with Crippen LogP contribution in [0.3, 0.4) is 0 Å². The van der Waals surface area contributed by atoms with Crippen LogP contribution in [0.1, 0.15) is 26.3 Å². The van der Waals surface area contributed by atoms with E-state index in [0.29, 0.717) is 18.3 Å². The first kappa shape index (κ1) is 13.1. The molecule has 16 heavy (non-hydrogen) atoms. The Morgan fingerprint density at radius 2 is 1.81 bits per heavy atom. The van der Waals surface area contributed by atoms with Crippen molar-refractivity contribution < 1.29 is 9.47 Å². The highest BCUT2D eigenvalue weighted by Crippen LogP contribution is 2.08. The first-order valence-electron chi connectivity index (χ1n) is 5.31. The molecule has 0 atom stereocenters. The smallest absolute Gasteiger partial charge is 0.186 e. The third-order valence-electron chi connectivity index (χ3n) is 1.75. The van der Waals surface area contributed by atoms with Gasteiger partial charge in [-0.1, -0.05) is 30.3 Å². The number of rotatable bonds is 4. The van der Waals surface area contributed by atoms with Crippen LogP contribution in [0.4, 0.5) is 0 Å². The molecular formula is C13H18O2S. The van der Waals surface area contributed by atoms with Gasteiger partial charge in [-0.3, -0.25) is 0 Å². The maximum atomic E-state index is 5.48. The zero-order valence-electron chi connectivity index (χ0n) is 10.0. The molecule has 0 aliphatic rings. The highest BCUT2D eigenvalue weighted by atomic mass is 32.1. The van der Waals surface area contributed by atoms with Crippen LogP contribution < -0.4 is 0 Å². The number of benzene rings is 1. The number of hydrogen-bond acceptors (Lipinski definition) is 3. The van der Waals surface area contributed by atoms with Crippen LogP contribution in [0, 0.1) is 0 Å². The van der Waals surface area contributed by atoms with E-state index in [-0.39, 0.29) is 5.60 Å². The highest BCUT2D eigenvalue weighted by molar-refractivity contribution is 7.80. The van der Waals surface area contributed by atoms with Crippen molar-refractivity contribution in [2.45, 2.75) is 33.0 Å². The highest BCUT2D eigenvalue weighted by Gasteiger charge is 2.13. The molecule has 1 aromatic carbocycles. The molecule has 2 nitrogen and oxygen atoms in total. The van der Waals surface area contributed by atoms with Crippen LogP contribution in [0.5, 0.6) is 0 Å². The summed E-state index contributed by atoms with van der Waals surface area (Å²) in [5, 5.41) is 0.503. The van der Waals surface area contributed by atoms with E-state index in [4.69, 9.17) is 21.7 Å². The lowest BCUT2D eigenvalue weighted by Crippen LogP contribution is -2.25. The van der Waals surface area contributed by atoms with Crippen LogP contribution >= 0.6 is 12.2 Å². The molecule has 0 aliphatic heterocycles. The summed E-state index contributed by atoms with van der Waals surface area (Å²) in [6.45, 7) is 6.83. The molecule has 0 saturated heterocycles. The summed E-state index contributed by atoms with van der Waals surface area (Å²) >= 11 is 5.07. The fraction of sp³-hybridized carbons (Fsp3) is 0.462. The van der Waals surface area contributed by atoms with Crippen LogP contribution in [-0.2, 0) is 16.1 Å². The molecule has 0 radical (unpaired) electrons. The average molecular weight is 238 g/mol. The summed E-state index contributed by atoms with van der Waals surface area (Å²) < 4.78 is 10.9. The Kier molecular flexibility index (Phi) is 4.90. The van der Waals surface area contributed by atoms with Crippen molar-refractivity contribution in [3.8, 4) is 0 Å². The van der Waals surface area contributed by atoms with Crippen molar-refractivity contribution in [2.24, 2.45) is 0 Å². The molecule has 0 aliphatic carbocycles. The first-order valence-corrected chi connectivity index (χ1v) is 5.72. The Morgan fingerprint density at radius 3 is 2.38 bits per heavy atom. The van der Waals surface area contributed by atoms with Gasteiger partial charge in [0.25, 0.3) is 0 Å². The van der Waals surface area contributed by atoms with Gasteiger partial charge in [0.15, 0.2) is 5.05 Å². The summed E-state index contributed by atoms with van der Waals surface area (Å²) in [5.41, 5.74) is 0.897. The molecule has 1 aromatic rings. The largest absolute Gasteiger partial charge is 0.479 e. The zero-order chi connectivity index (χ0) is 12.0. The molecule has 88 valence electrons. The predicted molar refractivity (Wildman–Crippen MR) is 69.5 cm³/mol. The minimum Gasteiger partial charge on any atom is -0.479 e. The van der Waals surface area contributed by atoms with Crippen LogP contribution in [0.25, 0.3) is 0 Å². The van der Waals surface area contributed by atoms with E-state index in [2.05, 4.69) is 0 Å². The van der Waals surface area contributed by atoms with Crippen LogP contribution in [-0.4, -0.2) is 17.3 Å². The standard InChI is InChI=1S/C13H18O2S/c1-13(2,3)15-12(16)10-14-9-11-7-5-4-6-8-11/h4-8H,9-10H2,1-3H3. The molecule has 0 bridgehead atoms. The van der Waals surface area contributed by atoms with Gasteiger partial charge in [-0.15, -0.1) is 0 Å². The van der Waals surface area contributed by atoms with Crippen molar-refractivity contribution in [2.75, 3.05) is 6.61 Å². The molecule has 0 amide bonds. The molecule has 1 rings (SSSR count). The van der Waals surface area contributed by atoms with Crippen molar-refractivity contribution in [3.05, 3.63) is 35.9 Å². The Labute approximate surface area is 103 Å². The van der Waals surface area contributed by atoms with E-state index in [1.807, 2.05) is 51.1 Å². The van der Waals surface area contributed by atoms with Gasteiger partial charge < -0.3 is 9.47 Å². The lowest BCUT2D eigenvalue weighted by Gasteiger charge is -2.21. The second-order valence-electron chi connectivity index (χ2n) is 4.56. The first-order chi connectivity index (χ1) is 7.47. The molecular weight excluding hydrogens is 220 g/mol. The Balaban J connectivity index is 2.24. The van der Waals surface area contributed by atoms with Crippen LogP contribution in [0.15, 0.2) is 30.3 Å². The fourth-order valence-corrected chi connectivity index (χ4v) is 1.53. The minimum atomic E-state index is -0.243. The van der Waals surface area contributed by atoms with E-state index >= 15 is 0 Å². The molecule has 0 unspecified atom stereocenters. The van der Waals surface area contributed by atoms with E-state index in [9.17, 15) is 0 Å². The Morgan fingerprint density at radius 1 is 1.19 bits per heavy atom. The van der Waals surface area contributed by atoms with Crippen molar-refractivity contribution in [1.82, 2.24) is 0 Å². The maximum absolute atomic E-state index is 5.48. The second-order valence-corrected chi connectivity index (χ2v) is 5.02.